The van der Waals surface area contributed by atoms with Crippen molar-refractivity contribution >= 4 is 24.0 Å². The van der Waals surface area contributed by atoms with Crippen molar-refractivity contribution in [3.8, 4) is 5.75 Å². The second kappa shape index (κ2) is 12.8. The topological polar surface area (TPSA) is 148 Å². The first-order valence-corrected chi connectivity index (χ1v) is 12.2. The molecule has 6 N–H and O–H groups in total. The van der Waals surface area contributed by atoms with Crippen LogP contribution in [0.3, 0.4) is 0 Å². The zero-order chi connectivity index (χ0) is 27.7. The first-order chi connectivity index (χ1) is 18.1. The summed E-state index contributed by atoms with van der Waals surface area (Å²) < 4.78 is 0. The Morgan fingerprint density at radius 3 is 2.37 bits per heavy atom. The van der Waals surface area contributed by atoms with Gasteiger partial charge in [0.1, 0.15) is 5.75 Å². The number of amides is 2. The molecule has 9 nitrogen and oxygen atoms in total. The summed E-state index contributed by atoms with van der Waals surface area (Å²) in [5.41, 5.74) is 3.34. The number of carbonyl (C=O) groups excluding carboxylic acids is 2. The largest absolute Gasteiger partial charge is 0.506 e. The Morgan fingerprint density at radius 2 is 1.68 bits per heavy atom. The van der Waals surface area contributed by atoms with Crippen molar-refractivity contribution in [1.29, 1.82) is 0 Å². The number of aliphatic hydroxyl groups excluding tert-OH is 1. The standard InChI is InChI=1S/C29H33N3O6/c1-29(2,32-17-26(35)23-10-11-25(34)24(14-23)31-18-33)15-21-5-3-4-20(12-21)13-27(36)30-16-19-6-8-22(9-7-19)28(37)38/h3-12,14,18,26,32,34-35H,13,15-17H2,1-2H3,(H,30,36)(H,31,33)(H,37,38)/t26-/m0/s1. The molecular weight excluding hydrogens is 486 g/mol. The Bertz CT molecular complexity index is 1270. The molecule has 0 fully saturated rings. The number of phenols is 1. The molecule has 0 unspecified atom stereocenters. The van der Waals surface area contributed by atoms with E-state index in [0.717, 1.165) is 16.7 Å². The summed E-state index contributed by atoms with van der Waals surface area (Å²) in [5.74, 6) is -1.21. The van der Waals surface area contributed by atoms with Gasteiger partial charge in [-0.25, -0.2) is 4.79 Å². The van der Waals surface area contributed by atoms with Crippen LogP contribution in [0, 0.1) is 0 Å². The van der Waals surface area contributed by atoms with E-state index in [1.54, 1.807) is 18.2 Å². The zero-order valence-corrected chi connectivity index (χ0v) is 21.4. The summed E-state index contributed by atoms with van der Waals surface area (Å²) in [6.45, 7) is 4.61. The number of hydrogen-bond donors (Lipinski definition) is 6. The predicted molar refractivity (Wildman–Crippen MR) is 144 cm³/mol. The molecule has 0 spiro atoms. The minimum absolute atomic E-state index is 0.0794. The van der Waals surface area contributed by atoms with Crippen LogP contribution in [0.15, 0.2) is 66.7 Å². The Morgan fingerprint density at radius 1 is 0.974 bits per heavy atom. The number of anilines is 1. The van der Waals surface area contributed by atoms with Crippen molar-refractivity contribution in [3.63, 3.8) is 0 Å². The van der Waals surface area contributed by atoms with Crippen LogP contribution in [-0.4, -0.2) is 45.7 Å². The van der Waals surface area contributed by atoms with E-state index in [9.17, 15) is 24.6 Å². The van der Waals surface area contributed by atoms with E-state index >= 15 is 0 Å². The number of carboxylic acid groups (broad SMARTS) is 1. The minimum Gasteiger partial charge on any atom is -0.506 e. The van der Waals surface area contributed by atoms with Crippen LogP contribution in [0.1, 0.15) is 52.6 Å². The summed E-state index contributed by atoms with van der Waals surface area (Å²) in [6, 6.07) is 18.7. The van der Waals surface area contributed by atoms with Gasteiger partial charge in [0.2, 0.25) is 12.3 Å². The summed E-state index contributed by atoms with van der Waals surface area (Å²) in [7, 11) is 0. The lowest BCUT2D eigenvalue weighted by atomic mass is 9.93. The van der Waals surface area contributed by atoms with Crippen LogP contribution in [0.4, 0.5) is 5.69 Å². The molecule has 2 amide bonds. The second-order valence-corrected chi connectivity index (χ2v) is 9.77. The number of carbonyl (C=O) groups is 3. The van der Waals surface area contributed by atoms with Gasteiger partial charge in [-0.05, 0) is 66.8 Å². The molecule has 0 saturated carbocycles. The molecule has 3 rings (SSSR count). The van der Waals surface area contributed by atoms with Gasteiger partial charge in [0.25, 0.3) is 0 Å². The Labute approximate surface area is 221 Å². The van der Waals surface area contributed by atoms with Crippen molar-refractivity contribution in [3.05, 3.63) is 94.5 Å². The predicted octanol–water partition coefficient (Wildman–Crippen LogP) is 3.16. The van der Waals surface area contributed by atoms with Gasteiger partial charge in [0, 0.05) is 18.6 Å². The van der Waals surface area contributed by atoms with Gasteiger partial charge in [-0.15, -0.1) is 0 Å². The molecule has 3 aromatic rings. The van der Waals surface area contributed by atoms with Gasteiger partial charge in [-0.2, -0.15) is 0 Å². The van der Waals surface area contributed by atoms with Gasteiger partial charge in [-0.1, -0.05) is 42.5 Å². The number of hydrogen-bond acceptors (Lipinski definition) is 6. The van der Waals surface area contributed by atoms with Gasteiger partial charge < -0.3 is 31.3 Å². The van der Waals surface area contributed by atoms with Crippen LogP contribution in [0.5, 0.6) is 5.75 Å². The molecule has 0 bridgehead atoms. The minimum atomic E-state index is -0.991. The van der Waals surface area contributed by atoms with Crippen molar-refractivity contribution in [1.82, 2.24) is 10.6 Å². The SMILES string of the molecule is CC(C)(Cc1cccc(CC(=O)NCc2ccc(C(=O)O)cc2)c1)NC[C@H](O)c1ccc(O)c(NC=O)c1. The van der Waals surface area contributed by atoms with Gasteiger partial charge >= 0.3 is 5.97 Å². The lowest BCUT2D eigenvalue weighted by molar-refractivity contribution is -0.120. The molecule has 0 aliphatic rings. The number of β-amino-alcohol motifs (C(OH)–C–C–N with tert-alkyl or cyclic N) is 1. The van der Waals surface area contributed by atoms with Gasteiger partial charge in [-0.3, -0.25) is 9.59 Å². The first-order valence-electron chi connectivity index (χ1n) is 12.2. The van der Waals surface area contributed by atoms with E-state index in [1.165, 1.54) is 24.3 Å². The normalized spacial score (nSPS) is 12.0. The fraction of sp³-hybridized carbons (Fsp3) is 0.276. The molecule has 0 aliphatic heterocycles. The first kappa shape index (κ1) is 28.4. The highest BCUT2D eigenvalue weighted by Crippen LogP contribution is 2.27. The van der Waals surface area contributed by atoms with Crippen molar-refractivity contribution in [2.45, 2.75) is 44.9 Å². The number of benzene rings is 3. The molecule has 0 radical (unpaired) electrons. The molecule has 0 aromatic heterocycles. The number of carboxylic acids is 1. The lowest BCUT2D eigenvalue weighted by Crippen LogP contribution is -2.43. The third-order valence-electron chi connectivity index (χ3n) is 6.09. The molecule has 200 valence electrons. The van der Waals surface area contributed by atoms with E-state index in [0.29, 0.717) is 24.9 Å². The maximum atomic E-state index is 12.5. The Balaban J connectivity index is 1.52. The summed E-state index contributed by atoms with van der Waals surface area (Å²) in [5, 5.41) is 38.0. The maximum absolute atomic E-state index is 12.5. The van der Waals surface area contributed by atoms with E-state index < -0.39 is 12.1 Å². The van der Waals surface area contributed by atoms with Crippen LogP contribution in [0.25, 0.3) is 0 Å². The monoisotopic (exact) mass is 519 g/mol. The van der Waals surface area contributed by atoms with Crippen LogP contribution >= 0.6 is 0 Å². The smallest absolute Gasteiger partial charge is 0.335 e. The van der Waals surface area contributed by atoms with Crippen LogP contribution in [-0.2, 0) is 29.0 Å². The number of rotatable bonds is 13. The fourth-order valence-electron chi connectivity index (χ4n) is 4.07. The number of aliphatic hydroxyl groups is 1. The molecule has 1 atom stereocenters. The lowest BCUT2D eigenvalue weighted by Gasteiger charge is -2.28. The van der Waals surface area contributed by atoms with Crippen molar-refractivity contribution in [2.75, 3.05) is 11.9 Å². The zero-order valence-electron chi connectivity index (χ0n) is 21.4. The second-order valence-electron chi connectivity index (χ2n) is 9.77. The highest BCUT2D eigenvalue weighted by atomic mass is 16.4. The van der Waals surface area contributed by atoms with E-state index in [2.05, 4.69) is 16.0 Å². The average molecular weight is 520 g/mol. The maximum Gasteiger partial charge on any atom is 0.335 e. The van der Waals surface area contributed by atoms with E-state index in [1.807, 2.05) is 38.1 Å². The Kier molecular flexibility index (Phi) is 9.59. The number of phenolic OH excluding ortho intramolecular Hbond substituents is 1. The molecule has 0 heterocycles. The highest BCUT2D eigenvalue weighted by Gasteiger charge is 2.21. The average Bonchev–Trinajstić information content (AvgIpc) is 2.87. The van der Waals surface area contributed by atoms with E-state index in [4.69, 9.17) is 5.11 Å². The van der Waals surface area contributed by atoms with Crippen molar-refractivity contribution in [2.24, 2.45) is 0 Å². The summed E-state index contributed by atoms with van der Waals surface area (Å²) in [4.78, 5) is 34.1. The number of nitrogens with one attached hydrogen (secondary N) is 3. The van der Waals surface area contributed by atoms with Crippen LogP contribution < -0.4 is 16.0 Å². The third kappa shape index (κ3) is 8.43. The van der Waals surface area contributed by atoms with Gasteiger partial charge in [0.05, 0.1) is 23.8 Å². The quantitative estimate of drug-likeness (QED) is 0.150. The van der Waals surface area contributed by atoms with Gasteiger partial charge in [0.15, 0.2) is 0 Å². The molecule has 38 heavy (non-hydrogen) atoms. The summed E-state index contributed by atoms with van der Waals surface area (Å²) >= 11 is 0. The van der Waals surface area contributed by atoms with Crippen molar-refractivity contribution < 1.29 is 29.7 Å². The molecule has 3 aromatic carbocycles. The molecule has 0 aliphatic carbocycles. The Hall–Kier alpha value is -4.21. The molecular formula is C29H33N3O6. The number of aromatic carboxylic acids is 1. The summed E-state index contributed by atoms with van der Waals surface area (Å²) in [6.07, 6.45) is 0.480. The molecule has 9 heteroatoms. The van der Waals surface area contributed by atoms with E-state index in [-0.39, 0.29) is 41.4 Å². The molecule has 0 saturated heterocycles. The third-order valence-corrected chi connectivity index (χ3v) is 6.09. The number of aromatic hydroxyl groups is 1. The highest BCUT2D eigenvalue weighted by molar-refractivity contribution is 5.87. The van der Waals surface area contributed by atoms with Crippen LogP contribution in [0.2, 0.25) is 0 Å². The fourth-order valence-corrected chi connectivity index (χ4v) is 4.07.